The molecule has 0 amide bonds. The fraction of sp³-hybridized carbons (Fsp3) is 0.273. The standard InChI is InChI=1S/C11H11F3N4/c1-2-9-10(15)16-17-18(9)8-5-3-4-7(6-8)11(12,13)14/h3-6H,2,15H2,1H3. The summed E-state index contributed by atoms with van der Waals surface area (Å²) in [4.78, 5) is 0. The van der Waals surface area contributed by atoms with E-state index in [0.717, 1.165) is 12.1 Å². The molecule has 4 nitrogen and oxygen atoms in total. The van der Waals surface area contributed by atoms with Crippen LogP contribution in [0, 0.1) is 0 Å². The van der Waals surface area contributed by atoms with E-state index in [1.807, 2.05) is 6.92 Å². The maximum atomic E-state index is 12.6. The van der Waals surface area contributed by atoms with Crippen LogP contribution in [0.15, 0.2) is 24.3 Å². The Morgan fingerprint density at radius 3 is 2.67 bits per heavy atom. The first-order valence-electron chi connectivity index (χ1n) is 5.31. The van der Waals surface area contributed by atoms with Crippen molar-refractivity contribution in [3.8, 4) is 5.69 Å². The Morgan fingerprint density at radius 1 is 1.33 bits per heavy atom. The lowest BCUT2D eigenvalue weighted by Crippen LogP contribution is -2.08. The Balaban J connectivity index is 2.51. The number of rotatable bonds is 2. The molecule has 0 unspecified atom stereocenters. The fourth-order valence-electron chi connectivity index (χ4n) is 1.67. The summed E-state index contributed by atoms with van der Waals surface area (Å²) < 4.78 is 39.1. The van der Waals surface area contributed by atoms with Gasteiger partial charge in [0.2, 0.25) is 0 Å². The Kier molecular flexibility index (Phi) is 2.98. The molecule has 96 valence electrons. The van der Waals surface area contributed by atoms with Gasteiger partial charge < -0.3 is 5.73 Å². The van der Waals surface area contributed by atoms with Gasteiger partial charge in [0.1, 0.15) is 0 Å². The number of alkyl halides is 3. The molecule has 2 rings (SSSR count). The third kappa shape index (κ3) is 2.15. The molecule has 0 spiro atoms. The Bertz CT molecular complexity index is 560. The lowest BCUT2D eigenvalue weighted by atomic mass is 10.2. The highest BCUT2D eigenvalue weighted by Crippen LogP contribution is 2.30. The SMILES string of the molecule is CCc1c(N)nnn1-c1cccc(C(F)(F)F)c1. The first kappa shape index (κ1) is 12.4. The van der Waals surface area contributed by atoms with Gasteiger partial charge in [-0.3, -0.25) is 0 Å². The molecule has 0 aliphatic carbocycles. The molecule has 0 aliphatic rings. The summed E-state index contributed by atoms with van der Waals surface area (Å²) in [7, 11) is 0. The fourth-order valence-corrected chi connectivity index (χ4v) is 1.67. The van der Waals surface area contributed by atoms with E-state index in [9.17, 15) is 13.2 Å². The quantitative estimate of drug-likeness (QED) is 0.897. The number of nitrogen functional groups attached to an aromatic ring is 1. The van der Waals surface area contributed by atoms with Crippen LogP contribution in [-0.2, 0) is 12.6 Å². The zero-order valence-corrected chi connectivity index (χ0v) is 9.57. The number of hydrogen-bond donors (Lipinski definition) is 1. The van der Waals surface area contributed by atoms with Gasteiger partial charge in [-0.2, -0.15) is 13.2 Å². The maximum Gasteiger partial charge on any atom is 0.416 e. The van der Waals surface area contributed by atoms with E-state index in [4.69, 9.17) is 5.73 Å². The van der Waals surface area contributed by atoms with Crippen molar-refractivity contribution in [1.29, 1.82) is 0 Å². The Morgan fingerprint density at radius 2 is 2.06 bits per heavy atom. The van der Waals surface area contributed by atoms with Gasteiger partial charge in [-0.1, -0.05) is 18.2 Å². The molecule has 0 saturated heterocycles. The highest BCUT2D eigenvalue weighted by molar-refractivity contribution is 5.42. The van der Waals surface area contributed by atoms with E-state index in [0.29, 0.717) is 17.8 Å². The van der Waals surface area contributed by atoms with Crippen LogP contribution < -0.4 is 5.73 Å². The molecule has 18 heavy (non-hydrogen) atoms. The molecular formula is C11H11F3N4. The summed E-state index contributed by atoms with van der Waals surface area (Å²) in [5.74, 6) is 0.231. The normalized spacial score (nSPS) is 11.8. The van der Waals surface area contributed by atoms with Gasteiger partial charge in [0.15, 0.2) is 5.82 Å². The van der Waals surface area contributed by atoms with Gasteiger partial charge in [0.25, 0.3) is 0 Å². The Hall–Kier alpha value is -2.05. The third-order valence-corrected chi connectivity index (χ3v) is 2.55. The number of hydrogen-bond acceptors (Lipinski definition) is 3. The highest BCUT2D eigenvalue weighted by atomic mass is 19.4. The van der Waals surface area contributed by atoms with Crippen LogP contribution >= 0.6 is 0 Å². The van der Waals surface area contributed by atoms with E-state index in [-0.39, 0.29) is 5.82 Å². The Labute approximate surface area is 101 Å². The molecule has 1 aromatic heterocycles. The lowest BCUT2D eigenvalue weighted by Gasteiger charge is -2.09. The van der Waals surface area contributed by atoms with Crippen molar-refractivity contribution < 1.29 is 13.2 Å². The number of benzene rings is 1. The number of nitrogens with two attached hydrogens (primary N) is 1. The van der Waals surface area contributed by atoms with Gasteiger partial charge in [0.05, 0.1) is 16.9 Å². The minimum Gasteiger partial charge on any atom is -0.381 e. The van der Waals surface area contributed by atoms with Crippen molar-refractivity contribution in [3.63, 3.8) is 0 Å². The molecule has 1 heterocycles. The van der Waals surface area contributed by atoms with Gasteiger partial charge in [-0.15, -0.1) is 5.10 Å². The summed E-state index contributed by atoms with van der Waals surface area (Å²) >= 11 is 0. The average Bonchev–Trinajstić information content (AvgIpc) is 2.69. The second-order valence-electron chi connectivity index (χ2n) is 3.73. The first-order chi connectivity index (χ1) is 8.43. The monoisotopic (exact) mass is 256 g/mol. The van der Waals surface area contributed by atoms with E-state index in [2.05, 4.69) is 10.3 Å². The van der Waals surface area contributed by atoms with Crippen LogP contribution in [0.25, 0.3) is 5.69 Å². The minimum atomic E-state index is -4.38. The topological polar surface area (TPSA) is 56.7 Å². The zero-order valence-electron chi connectivity index (χ0n) is 9.57. The summed E-state index contributed by atoms with van der Waals surface area (Å²) in [6.07, 6.45) is -3.84. The summed E-state index contributed by atoms with van der Waals surface area (Å²) in [6, 6.07) is 4.89. The van der Waals surface area contributed by atoms with Crippen molar-refractivity contribution in [1.82, 2.24) is 15.0 Å². The predicted molar refractivity (Wildman–Crippen MR) is 60.2 cm³/mol. The first-order valence-corrected chi connectivity index (χ1v) is 5.31. The molecular weight excluding hydrogens is 245 g/mol. The summed E-state index contributed by atoms with van der Waals surface area (Å²) in [5, 5.41) is 7.42. The van der Waals surface area contributed by atoms with Crippen LogP contribution in [0.2, 0.25) is 0 Å². The molecule has 0 atom stereocenters. The van der Waals surface area contributed by atoms with E-state index < -0.39 is 11.7 Å². The molecule has 0 radical (unpaired) electrons. The molecule has 0 bridgehead atoms. The number of aromatic nitrogens is 3. The van der Waals surface area contributed by atoms with Gasteiger partial charge in [-0.25, -0.2) is 4.68 Å². The second-order valence-corrected chi connectivity index (χ2v) is 3.73. The molecule has 7 heteroatoms. The van der Waals surface area contributed by atoms with Crippen LogP contribution in [0.3, 0.4) is 0 Å². The number of nitrogens with zero attached hydrogens (tertiary/aromatic N) is 3. The van der Waals surface area contributed by atoms with Crippen molar-refractivity contribution in [3.05, 3.63) is 35.5 Å². The van der Waals surface area contributed by atoms with Crippen molar-refractivity contribution in [2.45, 2.75) is 19.5 Å². The smallest absolute Gasteiger partial charge is 0.381 e. The molecule has 0 fully saturated rings. The van der Waals surface area contributed by atoms with Crippen LogP contribution in [-0.4, -0.2) is 15.0 Å². The maximum absolute atomic E-state index is 12.6. The largest absolute Gasteiger partial charge is 0.416 e. The predicted octanol–water partition coefficient (Wildman–Crippen LogP) is 2.43. The molecule has 2 N–H and O–H groups in total. The van der Waals surface area contributed by atoms with Crippen LogP contribution in [0.4, 0.5) is 19.0 Å². The molecule has 1 aromatic carbocycles. The van der Waals surface area contributed by atoms with Gasteiger partial charge in [0, 0.05) is 0 Å². The third-order valence-electron chi connectivity index (χ3n) is 2.55. The van der Waals surface area contributed by atoms with E-state index in [1.165, 1.54) is 16.8 Å². The van der Waals surface area contributed by atoms with E-state index in [1.54, 1.807) is 0 Å². The highest BCUT2D eigenvalue weighted by Gasteiger charge is 2.30. The van der Waals surface area contributed by atoms with Crippen molar-refractivity contribution in [2.24, 2.45) is 0 Å². The molecule has 0 saturated carbocycles. The summed E-state index contributed by atoms with van der Waals surface area (Å²) in [6.45, 7) is 1.83. The number of anilines is 1. The second kappa shape index (κ2) is 4.32. The summed E-state index contributed by atoms with van der Waals surface area (Å²) in [5.41, 5.74) is 5.76. The molecule has 2 aromatic rings. The van der Waals surface area contributed by atoms with Crippen LogP contribution in [0.1, 0.15) is 18.2 Å². The number of halogens is 3. The van der Waals surface area contributed by atoms with E-state index >= 15 is 0 Å². The minimum absolute atomic E-state index is 0.231. The van der Waals surface area contributed by atoms with Gasteiger partial charge in [-0.05, 0) is 24.6 Å². The van der Waals surface area contributed by atoms with Gasteiger partial charge >= 0.3 is 6.18 Å². The lowest BCUT2D eigenvalue weighted by molar-refractivity contribution is -0.137. The molecule has 0 aliphatic heterocycles. The zero-order chi connectivity index (χ0) is 13.3. The van der Waals surface area contributed by atoms with Crippen molar-refractivity contribution in [2.75, 3.05) is 5.73 Å². The van der Waals surface area contributed by atoms with Crippen molar-refractivity contribution >= 4 is 5.82 Å². The average molecular weight is 256 g/mol. The van der Waals surface area contributed by atoms with Crippen LogP contribution in [0.5, 0.6) is 0 Å².